The highest BCUT2D eigenvalue weighted by molar-refractivity contribution is 5.97. The van der Waals surface area contributed by atoms with Crippen LogP contribution in [0.3, 0.4) is 0 Å². The summed E-state index contributed by atoms with van der Waals surface area (Å²) >= 11 is 0. The normalized spacial score (nSPS) is 16.7. The number of hydrogen-bond donors (Lipinski definition) is 1. The number of methoxy groups -OCH3 is 1. The highest BCUT2D eigenvalue weighted by Crippen LogP contribution is 2.17. The third-order valence-electron chi connectivity index (χ3n) is 4.42. The molecular formula is C21H24N2O4. The molecular weight excluding hydrogens is 344 g/mol. The van der Waals surface area contributed by atoms with Gasteiger partial charge in [-0.05, 0) is 42.8 Å². The minimum absolute atomic E-state index is 0.0356. The van der Waals surface area contributed by atoms with E-state index in [1.54, 1.807) is 36.3 Å². The monoisotopic (exact) mass is 368 g/mol. The van der Waals surface area contributed by atoms with Crippen molar-refractivity contribution in [2.75, 3.05) is 32.1 Å². The lowest BCUT2D eigenvalue weighted by Gasteiger charge is -2.31. The van der Waals surface area contributed by atoms with Crippen LogP contribution in [0.25, 0.3) is 0 Å². The van der Waals surface area contributed by atoms with Gasteiger partial charge in [-0.25, -0.2) is 0 Å². The van der Waals surface area contributed by atoms with Crippen LogP contribution >= 0.6 is 0 Å². The quantitative estimate of drug-likeness (QED) is 0.881. The zero-order valence-electron chi connectivity index (χ0n) is 15.6. The highest BCUT2D eigenvalue weighted by atomic mass is 16.5. The number of nitrogens with zero attached hydrogens (tertiary/aromatic N) is 1. The molecule has 1 aliphatic heterocycles. The number of ether oxygens (including phenoxy) is 2. The van der Waals surface area contributed by atoms with Crippen molar-refractivity contribution in [1.29, 1.82) is 0 Å². The number of anilines is 1. The molecule has 0 bridgehead atoms. The lowest BCUT2D eigenvalue weighted by atomic mass is 10.1. The van der Waals surface area contributed by atoms with E-state index in [-0.39, 0.29) is 24.3 Å². The first-order chi connectivity index (χ1) is 13.0. The van der Waals surface area contributed by atoms with Crippen LogP contribution in [0.1, 0.15) is 22.8 Å². The Labute approximate surface area is 159 Å². The predicted molar refractivity (Wildman–Crippen MR) is 103 cm³/mol. The van der Waals surface area contributed by atoms with E-state index in [2.05, 4.69) is 5.32 Å². The number of carbonyl (C=O) groups is 2. The third-order valence-corrected chi connectivity index (χ3v) is 4.42. The molecule has 142 valence electrons. The maximum Gasteiger partial charge on any atom is 0.254 e. The molecule has 6 nitrogen and oxygen atoms in total. The van der Waals surface area contributed by atoms with Gasteiger partial charge in [0.15, 0.2) is 0 Å². The van der Waals surface area contributed by atoms with Gasteiger partial charge in [-0.1, -0.05) is 18.2 Å². The van der Waals surface area contributed by atoms with Crippen LogP contribution in [-0.4, -0.2) is 49.6 Å². The standard InChI is InChI=1S/C21H24N2O4/c1-15-14-23(9-10-27-15)21(25)17-6-4-7-18(13-17)22-20(24)12-16-5-3-8-19(11-16)26-2/h3-8,11,13,15H,9-10,12,14H2,1-2H3,(H,22,24). The molecule has 1 aliphatic rings. The van der Waals surface area contributed by atoms with Crippen molar-refractivity contribution in [2.45, 2.75) is 19.4 Å². The Balaban J connectivity index is 1.64. The fraction of sp³-hybridized carbons (Fsp3) is 0.333. The summed E-state index contributed by atoms with van der Waals surface area (Å²) in [5, 5.41) is 2.86. The van der Waals surface area contributed by atoms with E-state index >= 15 is 0 Å². The first kappa shape index (κ1) is 18.9. The molecule has 1 fully saturated rings. The molecule has 6 heteroatoms. The fourth-order valence-corrected chi connectivity index (χ4v) is 3.09. The minimum atomic E-state index is -0.146. The van der Waals surface area contributed by atoms with E-state index in [4.69, 9.17) is 9.47 Å². The van der Waals surface area contributed by atoms with E-state index in [0.717, 1.165) is 5.56 Å². The van der Waals surface area contributed by atoms with Gasteiger partial charge in [-0.2, -0.15) is 0 Å². The summed E-state index contributed by atoms with van der Waals surface area (Å²) in [5.41, 5.74) is 2.03. The van der Waals surface area contributed by atoms with Gasteiger partial charge in [0, 0.05) is 24.3 Å². The summed E-state index contributed by atoms with van der Waals surface area (Å²) < 4.78 is 10.7. The Kier molecular flexibility index (Phi) is 6.08. The van der Waals surface area contributed by atoms with Crippen LogP contribution in [0.4, 0.5) is 5.69 Å². The van der Waals surface area contributed by atoms with Gasteiger partial charge in [0.1, 0.15) is 5.75 Å². The minimum Gasteiger partial charge on any atom is -0.497 e. The summed E-state index contributed by atoms with van der Waals surface area (Å²) in [4.78, 5) is 26.8. The molecule has 1 saturated heterocycles. The van der Waals surface area contributed by atoms with Gasteiger partial charge >= 0.3 is 0 Å². The van der Waals surface area contributed by atoms with Crippen LogP contribution in [0.5, 0.6) is 5.75 Å². The number of amides is 2. The lowest BCUT2D eigenvalue weighted by molar-refractivity contribution is -0.115. The smallest absolute Gasteiger partial charge is 0.254 e. The van der Waals surface area contributed by atoms with Crippen molar-refractivity contribution in [2.24, 2.45) is 0 Å². The van der Waals surface area contributed by atoms with Crippen molar-refractivity contribution in [3.8, 4) is 5.75 Å². The van der Waals surface area contributed by atoms with Crippen molar-refractivity contribution >= 4 is 17.5 Å². The fourth-order valence-electron chi connectivity index (χ4n) is 3.09. The Hall–Kier alpha value is -2.86. The molecule has 0 aromatic heterocycles. The maximum atomic E-state index is 12.7. The van der Waals surface area contributed by atoms with Crippen LogP contribution in [-0.2, 0) is 16.0 Å². The van der Waals surface area contributed by atoms with Gasteiger partial charge in [-0.15, -0.1) is 0 Å². The van der Waals surface area contributed by atoms with Gasteiger partial charge in [0.25, 0.3) is 5.91 Å². The Bertz CT molecular complexity index is 821. The molecule has 3 rings (SSSR count). The molecule has 2 amide bonds. The molecule has 0 spiro atoms. The average molecular weight is 368 g/mol. The third kappa shape index (κ3) is 5.08. The second kappa shape index (κ2) is 8.68. The SMILES string of the molecule is COc1cccc(CC(=O)Nc2cccc(C(=O)N3CCOC(C)C3)c2)c1. The predicted octanol–water partition coefficient (Wildman–Crippen LogP) is 2.74. The molecule has 27 heavy (non-hydrogen) atoms. The molecule has 0 radical (unpaired) electrons. The van der Waals surface area contributed by atoms with E-state index in [9.17, 15) is 9.59 Å². The van der Waals surface area contributed by atoms with Gasteiger partial charge in [-0.3, -0.25) is 9.59 Å². The van der Waals surface area contributed by atoms with Crippen LogP contribution in [0, 0.1) is 0 Å². The second-order valence-electron chi connectivity index (χ2n) is 6.59. The summed E-state index contributed by atoms with van der Waals surface area (Å²) in [5.74, 6) is 0.523. The van der Waals surface area contributed by atoms with Gasteiger partial charge < -0.3 is 19.7 Å². The lowest BCUT2D eigenvalue weighted by Crippen LogP contribution is -2.44. The Morgan fingerprint density at radius 1 is 1.22 bits per heavy atom. The van der Waals surface area contributed by atoms with Crippen molar-refractivity contribution < 1.29 is 19.1 Å². The zero-order valence-corrected chi connectivity index (χ0v) is 15.6. The number of morpholine rings is 1. The van der Waals surface area contributed by atoms with Crippen molar-refractivity contribution in [3.63, 3.8) is 0 Å². The van der Waals surface area contributed by atoms with E-state index in [0.29, 0.717) is 36.7 Å². The summed E-state index contributed by atoms with van der Waals surface area (Å²) in [7, 11) is 1.59. The number of carbonyl (C=O) groups excluding carboxylic acids is 2. The highest BCUT2D eigenvalue weighted by Gasteiger charge is 2.22. The topological polar surface area (TPSA) is 67.9 Å². The van der Waals surface area contributed by atoms with E-state index in [1.807, 2.05) is 31.2 Å². The van der Waals surface area contributed by atoms with E-state index in [1.165, 1.54) is 0 Å². The zero-order chi connectivity index (χ0) is 19.2. The van der Waals surface area contributed by atoms with Crippen LogP contribution < -0.4 is 10.1 Å². The van der Waals surface area contributed by atoms with Crippen LogP contribution in [0.15, 0.2) is 48.5 Å². The number of hydrogen-bond acceptors (Lipinski definition) is 4. The molecule has 1 N–H and O–H groups in total. The Morgan fingerprint density at radius 2 is 2.04 bits per heavy atom. The maximum absolute atomic E-state index is 12.7. The molecule has 1 heterocycles. The van der Waals surface area contributed by atoms with Gasteiger partial charge in [0.2, 0.25) is 5.91 Å². The second-order valence-corrected chi connectivity index (χ2v) is 6.59. The molecule has 1 atom stereocenters. The summed E-state index contributed by atoms with van der Waals surface area (Å²) in [6.07, 6.45) is 0.268. The van der Waals surface area contributed by atoms with Gasteiger partial charge in [0.05, 0.1) is 26.2 Å². The number of rotatable bonds is 5. The molecule has 2 aromatic carbocycles. The van der Waals surface area contributed by atoms with E-state index < -0.39 is 0 Å². The summed E-state index contributed by atoms with van der Waals surface area (Å²) in [6.45, 7) is 3.65. The number of nitrogens with one attached hydrogen (secondary N) is 1. The average Bonchev–Trinajstić information content (AvgIpc) is 2.67. The molecule has 0 saturated carbocycles. The molecule has 1 unspecified atom stereocenters. The first-order valence-corrected chi connectivity index (χ1v) is 8.99. The molecule has 2 aromatic rings. The number of benzene rings is 2. The molecule has 0 aliphatic carbocycles. The summed E-state index contributed by atoms with van der Waals surface area (Å²) in [6, 6.07) is 14.4. The van der Waals surface area contributed by atoms with Crippen molar-refractivity contribution in [1.82, 2.24) is 4.90 Å². The van der Waals surface area contributed by atoms with Crippen LogP contribution in [0.2, 0.25) is 0 Å². The van der Waals surface area contributed by atoms with Crippen molar-refractivity contribution in [3.05, 3.63) is 59.7 Å². The largest absolute Gasteiger partial charge is 0.497 e. The first-order valence-electron chi connectivity index (χ1n) is 8.99. The Morgan fingerprint density at radius 3 is 2.81 bits per heavy atom.